The second kappa shape index (κ2) is 8.41. The largest absolute Gasteiger partial charge is 0.348 e. The zero-order valence-corrected chi connectivity index (χ0v) is 17.0. The van der Waals surface area contributed by atoms with Gasteiger partial charge in [-0.3, -0.25) is 9.36 Å². The normalized spacial score (nSPS) is 15.9. The van der Waals surface area contributed by atoms with E-state index in [9.17, 15) is 9.18 Å². The van der Waals surface area contributed by atoms with Gasteiger partial charge in [-0.1, -0.05) is 30.0 Å². The fourth-order valence-electron chi connectivity index (χ4n) is 3.29. The fraction of sp³-hybridized carbons (Fsp3) is 0.238. The first-order valence-electron chi connectivity index (χ1n) is 9.05. The molecule has 1 aliphatic rings. The van der Waals surface area contributed by atoms with E-state index < -0.39 is 0 Å². The van der Waals surface area contributed by atoms with E-state index in [4.69, 9.17) is 0 Å². The molecule has 0 saturated carbocycles. The molecule has 1 N–H and O–H groups in total. The van der Waals surface area contributed by atoms with Crippen LogP contribution in [0.15, 0.2) is 64.9 Å². The molecular weight excluding hydrogens is 393 g/mol. The van der Waals surface area contributed by atoms with Gasteiger partial charge in [0.25, 0.3) is 0 Å². The maximum Gasteiger partial charge on any atom is 0.230 e. The standard InChI is InChI=1S/C21H20FN3OS2/c1-14-4-2-3-5-18(14)25-10-9-23-21(25)28-13-20(26)24-17-8-11-27-19-7-6-15(22)12-16(17)19/h2-7,9-10,12,17H,8,11,13H2,1H3,(H,24,26). The Bertz CT molecular complexity index is 1000. The third-order valence-electron chi connectivity index (χ3n) is 4.66. The van der Waals surface area contributed by atoms with Crippen LogP contribution in [0.1, 0.15) is 23.6 Å². The number of para-hydroxylation sites is 1. The summed E-state index contributed by atoms with van der Waals surface area (Å²) >= 11 is 3.10. The number of carbonyl (C=O) groups excluding carboxylic acids is 1. The Morgan fingerprint density at radius 3 is 3.07 bits per heavy atom. The summed E-state index contributed by atoms with van der Waals surface area (Å²) < 4.78 is 15.6. The van der Waals surface area contributed by atoms with Crippen molar-refractivity contribution in [3.05, 3.63) is 71.8 Å². The maximum absolute atomic E-state index is 13.6. The molecule has 0 radical (unpaired) electrons. The minimum Gasteiger partial charge on any atom is -0.348 e. The lowest BCUT2D eigenvalue weighted by Gasteiger charge is -2.26. The highest BCUT2D eigenvalue weighted by molar-refractivity contribution is 7.99. The average Bonchev–Trinajstić information content (AvgIpc) is 3.15. The highest BCUT2D eigenvalue weighted by Crippen LogP contribution is 2.36. The van der Waals surface area contributed by atoms with Gasteiger partial charge in [-0.2, -0.15) is 0 Å². The smallest absolute Gasteiger partial charge is 0.230 e. The minimum absolute atomic E-state index is 0.0727. The summed E-state index contributed by atoms with van der Waals surface area (Å²) in [6.45, 7) is 2.05. The summed E-state index contributed by atoms with van der Waals surface area (Å²) in [5.74, 6) is 0.831. The molecule has 0 spiro atoms. The first-order chi connectivity index (χ1) is 13.6. The van der Waals surface area contributed by atoms with Crippen molar-refractivity contribution >= 4 is 29.4 Å². The third kappa shape index (κ3) is 4.10. The van der Waals surface area contributed by atoms with Crippen LogP contribution in [0.3, 0.4) is 0 Å². The van der Waals surface area contributed by atoms with Gasteiger partial charge >= 0.3 is 0 Å². The Kier molecular flexibility index (Phi) is 5.73. The van der Waals surface area contributed by atoms with Crippen molar-refractivity contribution in [3.8, 4) is 5.69 Å². The lowest BCUT2D eigenvalue weighted by molar-refractivity contribution is -0.119. The first kappa shape index (κ1) is 19.1. The van der Waals surface area contributed by atoms with E-state index in [2.05, 4.69) is 10.3 Å². The number of aryl methyl sites for hydroxylation is 1. The first-order valence-corrected chi connectivity index (χ1v) is 11.0. The number of nitrogens with one attached hydrogen (secondary N) is 1. The quantitative estimate of drug-likeness (QED) is 0.613. The summed E-state index contributed by atoms with van der Waals surface area (Å²) in [5.41, 5.74) is 3.07. The molecule has 0 aliphatic carbocycles. The molecule has 4 nitrogen and oxygen atoms in total. The van der Waals surface area contributed by atoms with Crippen molar-refractivity contribution in [2.75, 3.05) is 11.5 Å². The molecule has 1 atom stereocenters. The monoisotopic (exact) mass is 413 g/mol. The van der Waals surface area contributed by atoms with Gasteiger partial charge in [0.15, 0.2) is 5.16 Å². The number of amides is 1. The summed E-state index contributed by atoms with van der Waals surface area (Å²) in [6.07, 6.45) is 4.44. The topological polar surface area (TPSA) is 46.9 Å². The Labute approximate surface area is 171 Å². The SMILES string of the molecule is Cc1ccccc1-n1ccnc1SCC(=O)NC1CCSc2ccc(F)cc21. The second-order valence-corrected chi connectivity index (χ2v) is 8.67. The molecule has 0 saturated heterocycles. The predicted molar refractivity (Wildman–Crippen MR) is 112 cm³/mol. The van der Waals surface area contributed by atoms with Crippen LogP contribution in [0, 0.1) is 12.7 Å². The van der Waals surface area contributed by atoms with Gasteiger partial charge in [-0.05, 0) is 48.7 Å². The molecule has 1 aromatic heterocycles. The van der Waals surface area contributed by atoms with Crippen molar-refractivity contribution in [3.63, 3.8) is 0 Å². The number of carbonyl (C=O) groups is 1. The number of rotatable bonds is 5. The second-order valence-electron chi connectivity index (χ2n) is 6.59. The van der Waals surface area contributed by atoms with Gasteiger partial charge in [0.2, 0.25) is 5.91 Å². The number of imidazole rings is 1. The van der Waals surface area contributed by atoms with Gasteiger partial charge in [-0.15, -0.1) is 11.8 Å². The molecule has 0 bridgehead atoms. The van der Waals surface area contributed by atoms with E-state index in [-0.39, 0.29) is 23.5 Å². The lowest BCUT2D eigenvalue weighted by Crippen LogP contribution is -2.32. The molecule has 7 heteroatoms. The van der Waals surface area contributed by atoms with Crippen LogP contribution >= 0.6 is 23.5 Å². The predicted octanol–water partition coefficient (Wildman–Crippen LogP) is 4.77. The van der Waals surface area contributed by atoms with Crippen molar-refractivity contribution in [2.45, 2.75) is 29.4 Å². The van der Waals surface area contributed by atoms with E-state index >= 15 is 0 Å². The van der Waals surface area contributed by atoms with Gasteiger partial charge in [0, 0.05) is 23.0 Å². The molecule has 2 aromatic carbocycles. The number of hydrogen-bond donors (Lipinski definition) is 1. The Balaban J connectivity index is 1.43. The van der Waals surface area contributed by atoms with E-state index in [1.807, 2.05) is 42.0 Å². The van der Waals surface area contributed by atoms with Crippen LogP contribution < -0.4 is 5.32 Å². The van der Waals surface area contributed by atoms with E-state index in [1.54, 1.807) is 24.0 Å². The van der Waals surface area contributed by atoms with Gasteiger partial charge < -0.3 is 5.32 Å². The number of halogens is 1. The molecular formula is C21H20FN3OS2. The Morgan fingerprint density at radius 2 is 2.21 bits per heavy atom. The third-order valence-corrected chi connectivity index (χ3v) is 6.75. The molecule has 1 amide bonds. The molecule has 28 heavy (non-hydrogen) atoms. The van der Waals surface area contributed by atoms with E-state index in [0.717, 1.165) is 39.0 Å². The Morgan fingerprint density at radius 1 is 1.36 bits per heavy atom. The maximum atomic E-state index is 13.6. The van der Waals surface area contributed by atoms with E-state index in [1.165, 1.54) is 23.9 Å². The summed E-state index contributed by atoms with van der Waals surface area (Å²) in [5, 5.41) is 3.83. The fourth-order valence-corrected chi connectivity index (χ4v) is 5.18. The van der Waals surface area contributed by atoms with Crippen LogP contribution in [0.5, 0.6) is 0 Å². The van der Waals surface area contributed by atoms with Gasteiger partial charge in [-0.25, -0.2) is 9.37 Å². The Hall–Kier alpha value is -2.25. The number of benzene rings is 2. The number of aromatic nitrogens is 2. The molecule has 2 heterocycles. The molecule has 1 aliphatic heterocycles. The van der Waals surface area contributed by atoms with Crippen LogP contribution in [0.4, 0.5) is 4.39 Å². The highest BCUT2D eigenvalue weighted by atomic mass is 32.2. The zero-order chi connectivity index (χ0) is 19.5. The molecule has 3 aromatic rings. The van der Waals surface area contributed by atoms with E-state index in [0.29, 0.717) is 0 Å². The van der Waals surface area contributed by atoms with Crippen molar-refractivity contribution < 1.29 is 9.18 Å². The number of thioether (sulfide) groups is 2. The number of fused-ring (bicyclic) bond motifs is 1. The summed E-state index contributed by atoms with van der Waals surface area (Å²) in [4.78, 5) is 18.0. The van der Waals surface area contributed by atoms with Crippen molar-refractivity contribution in [1.82, 2.24) is 14.9 Å². The van der Waals surface area contributed by atoms with Crippen LogP contribution in [-0.4, -0.2) is 27.0 Å². The minimum atomic E-state index is -0.268. The summed E-state index contributed by atoms with van der Waals surface area (Å²) in [7, 11) is 0. The molecule has 4 rings (SSSR count). The summed E-state index contributed by atoms with van der Waals surface area (Å²) in [6, 6.07) is 12.7. The highest BCUT2D eigenvalue weighted by Gasteiger charge is 2.23. The van der Waals surface area contributed by atoms with Gasteiger partial charge in [0.1, 0.15) is 5.82 Å². The molecule has 0 fully saturated rings. The number of nitrogens with zero attached hydrogens (tertiary/aromatic N) is 2. The van der Waals surface area contributed by atoms with Crippen LogP contribution in [-0.2, 0) is 4.79 Å². The number of hydrogen-bond acceptors (Lipinski definition) is 4. The average molecular weight is 414 g/mol. The molecule has 144 valence electrons. The lowest BCUT2D eigenvalue weighted by atomic mass is 10.0. The van der Waals surface area contributed by atoms with Crippen LogP contribution in [0.25, 0.3) is 5.69 Å². The molecule has 1 unspecified atom stereocenters. The van der Waals surface area contributed by atoms with Crippen LogP contribution in [0.2, 0.25) is 0 Å². The van der Waals surface area contributed by atoms with Crippen molar-refractivity contribution in [2.24, 2.45) is 0 Å². The zero-order valence-electron chi connectivity index (χ0n) is 15.4. The van der Waals surface area contributed by atoms with Crippen molar-refractivity contribution in [1.29, 1.82) is 0 Å². The van der Waals surface area contributed by atoms with Gasteiger partial charge in [0.05, 0.1) is 17.5 Å².